The van der Waals surface area contributed by atoms with E-state index in [0.29, 0.717) is 0 Å². The molecule has 1 N–H and O–H groups in total. The van der Waals surface area contributed by atoms with Crippen LogP contribution >= 0.6 is 0 Å². The molecule has 88 valence electrons. The van der Waals surface area contributed by atoms with Crippen molar-refractivity contribution in [2.45, 2.75) is 32.3 Å². The minimum Gasteiger partial charge on any atom is -0.376 e. The molecule has 0 fully saturated rings. The van der Waals surface area contributed by atoms with Crippen LogP contribution in [0.3, 0.4) is 0 Å². The topological polar surface area (TPSA) is 20.2 Å². The fourth-order valence-corrected chi connectivity index (χ4v) is 1.45. The van der Waals surface area contributed by atoms with E-state index in [1.54, 1.807) is 0 Å². The van der Waals surface area contributed by atoms with Crippen LogP contribution in [-0.4, -0.2) is 11.2 Å². The van der Waals surface area contributed by atoms with Crippen molar-refractivity contribution in [3.05, 3.63) is 53.8 Å². The second kappa shape index (κ2) is 7.52. The third-order valence-corrected chi connectivity index (χ3v) is 2.48. The van der Waals surface area contributed by atoms with Gasteiger partial charge in [-0.05, 0) is 25.0 Å². The van der Waals surface area contributed by atoms with Crippen LogP contribution in [0.4, 0.5) is 0 Å². The Labute approximate surface area is 103 Å². The van der Waals surface area contributed by atoms with Gasteiger partial charge < -0.3 is 5.11 Å². The number of rotatable bonds is 4. The highest BCUT2D eigenvalue weighted by molar-refractivity contribution is 5.36. The quantitative estimate of drug-likeness (QED) is 0.617. The predicted molar refractivity (Wildman–Crippen MR) is 71.5 cm³/mol. The van der Waals surface area contributed by atoms with Crippen LogP contribution in [-0.2, 0) is 0 Å². The van der Waals surface area contributed by atoms with E-state index >= 15 is 0 Å². The zero-order valence-electron chi connectivity index (χ0n) is 10.2. The van der Waals surface area contributed by atoms with Crippen LogP contribution in [0.25, 0.3) is 0 Å². The molecule has 0 saturated heterocycles. The lowest BCUT2D eigenvalue weighted by Gasteiger charge is -2.05. The third kappa shape index (κ3) is 4.74. The van der Waals surface area contributed by atoms with Gasteiger partial charge in [-0.3, -0.25) is 0 Å². The zero-order chi connectivity index (χ0) is 12.5. The lowest BCUT2D eigenvalue weighted by atomic mass is 10.0. The second-order valence-corrected chi connectivity index (χ2v) is 3.84. The molecule has 0 spiro atoms. The average Bonchev–Trinajstić information content (AvgIpc) is 2.38. The Bertz CT molecular complexity index is 441. The molecule has 1 atom stereocenters. The van der Waals surface area contributed by atoms with Crippen LogP contribution in [0.15, 0.2) is 48.2 Å². The molecule has 0 unspecified atom stereocenters. The van der Waals surface area contributed by atoms with E-state index in [0.717, 1.165) is 30.4 Å². The van der Waals surface area contributed by atoms with Gasteiger partial charge in [0.1, 0.15) is 6.10 Å². The van der Waals surface area contributed by atoms with Crippen molar-refractivity contribution in [1.29, 1.82) is 0 Å². The summed E-state index contributed by atoms with van der Waals surface area (Å²) in [6, 6.07) is 9.64. The summed E-state index contributed by atoms with van der Waals surface area (Å²) in [4.78, 5) is 0. The number of aliphatic hydroxyl groups is 1. The van der Waals surface area contributed by atoms with E-state index in [9.17, 15) is 5.11 Å². The number of hydrogen-bond donors (Lipinski definition) is 1. The summed E-state index contributed by atoms with van der Waals surface area (Å²) in [7, 11) is 0. The molecule has 1 rings (SSSR count). The standard InChI is InChI=1S/C16H18O/c1-3-5-11-15(4-2)16(17)13-12-14-9-7-6-8-10-14/h6-10,16-17H,2-3,5,11H2,1H3/t16-/m0/s1. The van der Waals surface area contributed by atoms with Crippen molar-refractivity contribution in [2.24, 2.45) is 0 Å². The van der Waals surface area contributed by atoms with E-state index in [1.165, 1.54) is 0 Å². The number of benzene rings is 1. The first kappa shape index (κ1) is 13.3. The molecule has 1 aromatic rings. The molecule has 0 amide bonds. The molecule has 0 heterocycles. The maximum Gasteiger partial charge on any atom is 0.143 e. The second-order valence-electron chi connectivity index (χ2n) is 3.84. The first-order chi connectivity index (χ1) is 8.27. The average molecular weight is 226 g/mol. The van der Waals surface area contributed by atoms with Crippen LogP contribution in [0.5, 0.6) is 0 Å². The van der Waals surface area contributed by atoms with Crippen molar-refractivity contribution < 1.29 is 5.11 Å². The fourth-order valence-electron chi connectivity index (χ4n) is 1.45. The maximum atomic E-state index is 9.88. The Morgan fingerprint density at radius 1 is 1.35 bits per heavy atom. The highest BCUT2D eigenvalue weighted by Crippen LogP contribution is 2.10. The molecule has 0 aliphatic rings. The molecular formula is C16H18O. The molecule has 0 saturated carbocycles. The Hall–Kier alpha value is -1.74. The summed E-state index contributed by atoms with van der Waals surface area (Å²) < 4.78 is 0. The molecule has 0 radical (unpaired) electrons. The molecule has 0 aromatic heterocycles. The highest BCUT2D eigenvalue weighted by atomic mass is 16.3. The minimum absolute atomic E-state index is 0.751. The Kier molecular flexibility index (Phi) is 5.89. The SMILES string of the molecule is C=C=C(CCCC)[C@@H](O)C#Cc1ccccc1. The number of hydrogen-bond acceptors (Lipinski definition) is 1. The van der Waals surface area contributed by atoms with Crippen LogP contribution in [0.2, 0.25) is 0 Å². The monoisotopic (exact) mass is 226 g/mol. The summed E-state index contributed by atoms with van der Waals surface area (Å²) >= 11 is 0. The van der Waals surface area contributed by atoms with Gasteiger partial charge in [0, 0.05) is 11.1 Å². The van der Waals surface area contributed by atoms with E-state index in [4.69, 9.17) is 0 Å². The highest BCUT2D eigenvalue weighted by Gasteiger charge is 2.05. The van der Waals surface area contributed by atoms with Crippen LogP contribution < -0.4 is 0 Å². The van der Waals surface area contributed by atoms with E-state index < -0.39 is 6.10 Å². The Morgan fingerprint density at radius 2 is 2.06 bits per heavy atom. The summed E-state index contributed by atoms with van der Waals surface area (Å²) in [5.74, 6) is 5.77. The molecule has 0 aliphatic carbocycles. The smallest absolute Gasteiger partial charge is 0.143 e. The zero-order valence-corrected chi connectivity index (χ0v) is 10.2. The van der Waals surface area contributed by atoms with Crippen LogP contribution in [0.1, 0.15) is 31.7 Å². The van der Waals surface area contributed by atoms with E-state index in [2.05, 4.69) is 31.1 Å². The first-order valence-corrected chi connectivity index (χ1v) is 5.91. The Morgan fingerprint density at radius 3 is 2.65 bits per heavy atom. The summed E-state index contributed by atoms with van der Waals surface area (Å²) in [6.45, 7) is 5.71. The lowest BCUT2D eigenvalue weighted by molar-refractivity contribution is 0.263. The minimum atomic E-state index is -0.751. The molecule has 17 heavy (non-hydrogen) atoms. The van der Waals surface area contributed by atoms with Crippen molar-refractivity contribution in [1.82, 2.24) is 0 Å². The molecule has 1 aromatic carbocycles. The van der Waals surface area contributed by atoms with Gasteiger partial charge in [-0.2, -0.15) is 0 Å². The van der Waals surface area contributed by atoms with Crippen molar-refractivity contribution in [3.8, 4) is 11.8 Å². The van der Waals surface area contributed by atoms with Gasteiger partial charge in [0.2, 0.25) is 0 Å². The van der Waals surface area contributed by atoms with Crippen molar-refractivity contribution >= 4 is 0 Å². The van der Waals surface area contributed by atoms with Gasteiger partial charge in [0.05, 0.1) is 0 Å². The van der Waals surface area contributed by atoms with Gasteiger partial charge in [-0.1, -0.05) is 50.0 Å². The van der Waals surface area contributed by atoms with Gasteiger partial charge in [0.25, 0.3) is 0 Å². The van der Waals surface area contributed by atoms with Crippen LogP contribution in [0, 0.1) is 11.8 Å². The fraction of sp³-hybridized carbons (Fsp3) is 0.312. The molecule has 1 nitrogen and oxygen atoms in total. The summed E-state index contributed by atoms with van der Waals surface area (Å²) in [5, 5.41) is 9.88. The number of unbranched alkanes of at least 4 members (excludes halogenated alkanes) is 1. The van der Waals surface area contributed by atoms with Gasteiger partial charge in [-0.15, -0.1) is 5.73 Å². The molecule has 1 heteroatoms. The van der Waals surface area contributed by atoms with Crippen molar-refractivity contribution in [2.75, 3.05) is 0 Å². The molecular weight excluding hydrogens is 208 g/mol. The maximum absolute atomic E-state index is 9.88. The third-order valence-electron chi connectivity index (χ3n) is 2.48. The number of aliphatic hydroxyl groups excluding tert-OH is 1. The largest absolute Gasteiger partial charge is 0.376 e. The lowest BCUT2D eigenvalue weighted by Crippen LogP contribution is -2.06. The Balaban J connectivity index is 2.68. The van der Waals surface area contributed by atoms with Gasteiger partial charge in [-0.25, -0.2) is 0 Å². The van der Waals surface area contributed by atoms with Gasteiger partial charge >= 0.3 is 0 Å². The summed E-state index contributed by atoms with van der Waals surface area (Å²) in [6.07, 6.45) is 2.18. The normalized spacial score (nSPS) is 10.9. The van der Waals surface area contributed by atoms with Gasteiger partial charge in [0.15, 0.2) is 0 Å². The molecule has 0 aliphatic heterocycles. The first-order valence-electron chi connectivity index (χ1n) is 5.91. The summed E-state index contributed by atoms with van der Waals surface area (Å²) in [5.41, 5.74) is 4.48. The van der Waals surface area contributed by atoms with Crippen molar-refractivity contribution in [3.63, 3.8) is 0 Å². The molecule has 0 bridgehead atoms. The van der Waals surface area contributed by atoms with E-state index in [-0.39, 0.29) is 0 Å². The predicted octanol–water partition coefficient (Wildman–Crippen LogP) is 3.30. The van der Waals surface area contributed by atoms with E-state index in [1.807, 2.05) is 30.3 Å².